The number of amides is 2. The van der Waals surface area contributed by atoms with Gasteiger partial charge in [0.1, 0.15) is 17.6 Å². The molecule has 0 bridgehead atoms. The zero-order valence-corrected chi connectivity index (χ0v) is 11.3. The van der Waals surface area contributed by atoms with Crippen LogP contribution < -0.4 is 15.8 Å². The number of likely N-dealkylation sites (N-methyl/N-ethyl adjacent to an activating group) is 1. The fourth-order valence-electron chi connectivity index (χ4n) is 2.09. The highest BCUT2D eigenvalue weighted by molar-refractivity contribution is 6.01. The van der Waals surface area contributed by atoms with Crippen molar-refractivity contribution in [1.29, 1.82) is 0 Å². The van der Waals surface area contributed by atoms with Crippen molar-refractivity contribution in [1.82, 2.24) is 4.90 Å². The van der Waals surface area contributed by atoms with Gasteiger partial charge < -0.3 is 15.8 Å². The number of carbonyl (C=O) groups excluding carboxylic acids is 2. The first-order valence-corrected chi connectivity index (χ1v) is 6.14. The van der Waals surface area contributed by atoms with E-state index in [4.69, 9.17) is 10.5 Å². The fourth-order valence-corrected chi connectivity index (χ4v) is 2.09. The molecule has 1 aromatic carbocycles. The monoisotopic (exact) mass is 281 g/mol. The molecular weight excluding hydrogens is 265 g/mol. The van der Waals surface area contributed by atoms with Crippen molar-refractivity contribution in [3.05, 3.63) is 17.9 Å². The highest BCUT2D eigenvalue weighted by Crippen LogP contribution is 2.29. The number of hydrogen-bond acceptors (Lipinski definition) is 5. The summed E-state index contributed by atoms with van der Waals surface area (Å²) in [5, 5.41) is 2.80. The maximum atomic E-state index is 13.8. The van der Waals surface area contributed by atoms with Crippen LogP contribution in [-0.2, 0) is 9.59 Å². The molecule has 1 aromatic rings. The number of piperidine rings is 1. The number of rotatable bonds is 3. The van der Waals surface area contributed by atoms with E-state index in [9.17, 15) is 14.0 Å². The number of nitrogens with one attached hydrogen (secondary N) is 1. The molecular formula is C13H16FN3O3. The Balaban J connectivity index is 2.22. The highest BCUT2D eigenvalue weighted by Gasteiger charge is 2.32. The van der Waals surface area contributed by atoms with Gasteiger partial charge in [0.2, 0.25) is 5.91 Å². The molecule has 3 N–H and O–H groups in total. The minimum atomic E-state index is -0.638. The van der Waals surface area contributed by atoms with Gasteiger partial charge in [0.15, 0.2) is 0 Å². The molecule has 2 amide bonds. The first-order chi connectivity index (χ1) is 9.43. The molecule has 108 valence electrons. The fraction of sp³-hybridized carbons (Fsp3) is 0.385. The normalized spacial score (nSPS) is 19.1. The maximum absolute atomic E-state index is 13.8. The van der Waals surface area contributed by atoms with Crippen LogP contribution >= 0.6 is 0 Å². The van der Waals surface area contributed by atoms with Gasteiger partial charge in [-0.2, -0.15) is 0 Å². The predicted molar refractivity (Wildman–Crippen MR) is 71.8 cm³/mol. The van der Waals surface area contributed by atoms with Gasteiger partial charge in [-0.15, -0.1) is 0 Å². The minimum absolute atomic E-state index is 0.122. The molecule has 1 aliphatic heterocycles. The lowest BCUT2D eigenvalue weighted by molar-refractivity contribution is -0.146. The van der Waals surface area contributed by atoms with E-state index in [1.165, 1.54) is 20.2 Å². The summed E-state index contributed by atoms with van der Waals surface area (Å²) in [6.45, 7) is 0. The van der Waals surface area contributed by atoms with E-state index < -0.39 is 11.9 Å². The Morgan fingerprint density at radius 1 is 1.45 bits per heavy atom. The number of nitrogens with two attached hydrogens (primary N) is 1. The van der Waals surface area contributed by atoms with Crippen molar-refractivity contribution in [2.24, 2.45) is 0 Å². The second-order valence-electron chi connectivity index (χ2n) is 4.60. The van der Waals surface area contributed by atoms with E-state index >= 15 is 0 Å². The van der Waals surface area contributed by atoms with Crippen LogP contribution in [0.25, 0.3) is 0 Å². The van der Waals surface area contributed by atoms with Gasteiger partial charge in [-0.1, -0.05) is 0 Å². The largest absolute Gasteiger partial charge is 0.495 e. The van der Waals surface area contributed by atoms with Crippen molar-refractivity contribution >= 4 is 23.2 Å². The molecule has 0 aliphatic carbocycles. The standard InChI is InChI=1S/C13H16FN3O3/c1-17-12(18)4-3-9(13(17)19)16-10-6-11(20-2)8(15)5-7(10)14/h5-6,9,16H,3-4,15H2,1-2H3. The van der Waals surface area contributed by atoms with Crippen molar-refractivity contribution in [2.45, 2.75) is 18.9 Å². The molecule has 1 fully saturated rings. The lowest BCUT2D eigenvalue weighted by atomic mass is 10.0. The van der Waals surface area contributed by atoms with Gasteiger partial charge in [0, 0.05) is 25.6 Å². The Hall–Kier alpha value is -2.31. The summed E-state index contributed by atoms with van der Waals surface area (Å²) in [7, 11) is 2.84. The summed E-state index contributed by atoms with van der Waals surface area (Å²) >= 11 is 0. The molecule has 2 rings (SSSR count). The molecule has 7 heteroatoms. The number of methoxy groups -OCH3 is 1. The van der Waals surface area contributed by atoms with Crippen LogP contribution in [0, 0.1) is 5.82 Å². The third-order valence-corrected chi connectivity index (χ3v) is 3.30. The van der Waals surface area contributed by atoms with Gasteiger partial charge in [0.05, 0.1) is 18.5 Å². The van der Waals surface area contributed by atoms with Gasteiger partial charge in [-0.05, 0) is 6.42 Å². The summed E-state index contributed by atoms with van der Waals surface area (Å²) in [6.07, 6.45) is 0.571. The third-order valence-electron chi connectivity index (χ3n) is 3.30. The summed E-state index contributed by atoms with van der Waals surface area (Å²) in [5.74, 6) is -0.864. The Kier molecular flexibility index (Phi) is 3.78. The van der Waals surface area contributed by atoms with Gasteiger partial charge in [0.25, 0.3) is 5.91 Å². The van der Waals surface area contributed by atoms with E-state index in [1.54, 1.807) is 0 Å². The van der Waals surface area contributed by atoms with E-state index in [2.05, 4.69) is 5.32 Å². The molecule has 0 radical (unpaired) electrons. The highest BCUT2D eigenvalue weighted by atomic mass is 19.1. The van der Waals surface area contributed by atoms with Crippen LogP contribution in [0.1, 0.15) is 12.8 Å². The second-order valence-corrected chi connectivity index (χ2v) is 4.60. The second kappa shape index (κ2) is 5.36. The number of halogens is 1. The molecule has 6 nitrogen and oxygen atoms in total. The third kappa shape index (κ3) is 2.52. The van der Waals surface area contributed by atoms with Crippen molar-refractivity contribution < 1.29 is 18.7 Å². The molecule has 1 saturated heterocycles. The zero-order chi connectivity index (χ0) is 14.9. The zero-order valence-electron chi connectivity index (χ0n) is 11.3. The minimum Gasteiger partial charge on any atom is -0.495 e. The molecule has 0 spiro atoms. The van der Waals surface area contributed by atoms with E-state index in [1.807, 2.05) is 0 Å². The maximum Gasteiger partial charge on any atom is 0.251 e. The van der Waals surface area contributed by atoms with Crippen LogP contribution in [-0.4, -0.2) is 36.9 Å². The van der Waals surface area contributed by atoms with Crippen molar-refractivity contribution in [3.8, 4) is 5.75 Å². The predicted octanol–water partition coefficient (Wildman–Crippen LogP) is 0.976. The first kappa shape index (κ1) is 14.1. The Labute approximate surface area is 115 Å². The van der Waals surface area contributed by atoms with E-state index in [0.29, 0.717) is 12.2 Å². The van der Waals surface area contributed by atoms with Crippen molar-refractivity contribution in [2.75, 3.05) is 25.2 Å². The van der Waals surface area contributed by atoms with Crippen LogP contribution in [0.15, 0.2) is 12.1 Å². The number of likely N-dealkylation sites (tertiary alicyclic amines) is 1. The van der Waals surface area contributed by atoms with E-state index in [0.717, 1.165) is 11.0 Å². The molecule has 0 saturated carbocycles. The number of nitrogens with zero attached hydrogens (tertiary/aromatic N) is 1. The average molecular weight is 281 g/mol. The lowest BCUT2D eigenvalue weighted by Crippen LogP contribution is -2.48. The van der Waals surface area contributed by atoms with Gasteiger partial charge >= 0.3 is 0 Å². The first-order valence-electron chi connectivity index (χ1n) is 6.14. The number of carbonyl (C=O) groups is 2. The Morgan fingerprint density at radius 3 is 2.80 bits per heavy atom. The quantitative estimate of drug-likeness (QED) is 0.637. The van der Waals surface area contributed by atoms with E-state index in [-0.39, 0.29) is 29.6 Å². The van der Waals surface area contributed by atoms with Crippen LogP contribution in [0.5, 0.6) is 5.75 Å². The average Bonchev–Trinajstić information content (AvgIpc) is 2.42. The molecule has 1 atom stereocenters. The number of hydrogen-bond donors (Lipinski definition) is 2. The number of imide groups is 1. The molecule has 1 unspecified atom stereocenters. The Morgan fingerprint density at radius 2 is 2.15 bits per heavy atom. The van der Waals surface area contributed by atoms with Crippen LogP contribution in [0.3, 0.4) is 0 Å². The molecule has 1 aliphatic rings. The molecule has 0 aromatic heterocycles. The number of anilines is 2. The van der Waals surface area contributed by atoms with Gasteiger partial charge in [-0.25, -0.2) is 4.39 Å². The van der Waals surface area contributed by atoms with Gasteiger partial charge in [-0.3, -0.25) is 14.5 Å². The van der Waals surface area contributed by atoms with Crippen LogP contribution in [0.4, 0.5) is 15.8 Å². The topological polar surface area (TPSA) is 84.7 Å². The number of benzene rings is 1. The summed E-state index contributed by atoms with van der Waals surface area (Å²) in [6, 6.07) is 1.89. The number of ether oxygens (including phenoxy) is 1. The summed E-state index contributed by atoms with van der Waals surface area (Å²) in [5.41, 5.74) is 5.89. The smallest absolute Gasteiger partial charge is 0.251 e. The molecule has 1 heterocycles. The SMILES string of the molecule is COc1cc(NC2CCC(=O)N(C)C2=O)c(F)cc1N. The summed E-state index contributed by atoms with van der Waals surface area (Å²) in [4.78, 5) is 24.4. The summed E-state index contributed by atoms with van der Waals surface area (Å²) < 4.78 is 18.8. The van der Waals surface area contributed by atoms with Crippen LogP contribution in [0.2, 0.25) is 0 Å². The number of nitrogen functional groups attached to an aromatic ring is 1. The molecule has 20 heavy (non-hydrogen) atoms. The lowest BCUT2D eigenvalue weighted by Gasteiger charge is -2.29. The Bertz CT molecular complexity index is 562. The van der Waals surface area contributed by atoms with Crippen molar-refractivity contribution in [3.63, 3.8) is 0 Å².